The van der Waals surface area contributed by atoms with E-state index in [-0.39, 0.29) is 34.1 Å². The summed E-state index contributed by atoms with van der Waals surface area (Å²) < 4.78 is 63.8. The van der Waals surface area contributed by atoms with E-state index in [1.807, 2.05) is 0 Å². The first-order valence-corrected chi connectivity index (χ1v) is 14.3. The number of ether oxygens (including phenoxy) is 1. The smallest absolute Gasteiger partial charge is 0.416 e. The minimum absolute atomic E-state index is 0.00317. The molecule has 0 saturated heterocycles. The van der Waals surface area contributed by atoms with E-state index in [1.165, 1.54) is 32.2 Å². The predicted octanol–water partition coefficient (Wildman–Crippen LogP) is 6.98. The Labute approximate surface area is 260 Å². The van der Waals surface area contributed by atoms with Crippen molar-refractivity contribution >= 4 is 17.7 Å². The lowest BCUT2D eigenvalue weighted by molar-refractivity contribution is -0.138. The summed E-state index contributed by atoms with van der Waals surface area (Å²) in [5.74, 6) is -1.01. The van der Waals surface area contributed by atoms with Crippen LogP contribution in [-0.4, -0.2) is 38.9 Å². The monoisotopic (exact) mass is 647 g/mol. The van der Waals surface area contributed by atoms with Crippen LogP contribution in [0.5, 0.6) is 5.75 Å². The number of methoxy groups -OCH3 is 1. The van der Waals surface area contributed by atoms with Crippen LogP contribution in [0.4, 0.5) is 22.4 Å². The summed E-state index contributed by atoms with van der Waals surface area (Å²) in [7, 11) is 1.35. The largest absolute Gasteiger partial charge is 0.495 e. The second-order valence-electron chi connectivity index (χ2n) is 10.2. The lowest BCUT2D eigenvalue weighted by Gasteiger charge is -2.30. The van der Waals surface area contributed by atoms with Crippen LogP contribution in [0.15, 0.2) is 76.3 Å². The van der Waals surface area contributed by atoms with Gasteiger partial charge in [-0.05, 0) is 37.1 Å². The Bertz CT molecular complexity index is 1820. The zero-order chi connectivity index (χ0) is 33.1. The van der Waals surface area contributed by atoms with Gasteiger partial charge in [-0.1, -0.05) is 67.1 Å². The second-order valence-corrected chi connectivity index (χ2v) is 10.6. The Morgan fingerprint density at radius 1 is 1.02 bits per heavy atom. The van der Waals surface area contributed by atoms with E-state index < -0.39 is 59.6 Å². The lowest BCUT2D eigenvalue weighted by Crippen LogP contribution is -2.46. The van der Waals surface area contributed by atoms with Crippen molar-refractivity contribution in [1.29, 1.82) is 0 Å². The Kier molecular flexibility index (Phi) is 10.1. The maximum absolute atomic E-state index is 15.0. The third kappa shape index (κ3) is 6.75. The van der Waals surface area contributed by atoms with Crippen molar-refractivity contribution in [3.63, 3.8) is 0 Å². The van der Waals surface area contributed by atoms with Gasteiger partial charge in [0, 0.05) is 23.4 Å². The molecule has 0 aliphatic carbocycles. The highest BCUT2D eigenvalue weighted by Crippen LogP contribution is 2.36. The second kappa shape index (κ2) is 13.6. The summed E-state index contributed by atoms with van der Waals surface area (Å²) in [4.78, 5) is 41.8. The van der Waals surface area contributed by atoms with Gasteiger partial charge in [0.25, 0.3) is 5.56 Å². The molecule has 1 atom stereocenters. The number of hydrogen-bond acceptors (Lipinski definition) is 4. The molecule has 0 spiro atoms. The summed E-state index contributed by atoms with van der Waals surface area (Å²) >= 11 is 6.58. The first-order valence-electron chi connectivity index (χ1n) is 13.9. The highest BCUT2D eigenvalue weighted by atomic mass is 35.5. The van der Waals surface area contributed by atoms with E-state index in [0.717, 1.165) is 26.2 Å². The van der Waals surface area contributed by atoms with E-state index in [2.05, 4.69) is 0 Å². The van der Waals surface area contributed by atoms with Crippen molar-refractivity contribution in [3.05, 3.63) is 121 Å². The molecule has 1 amide bonds. The number of alkyl halides is 3. The molecule has 1 N–H and O–H groups in total. The summed E-state index contributed by atoms with van der Waals surface area (Å²) in [5.41, 5.74) is -3.64. The number of benzene rings is 3. The number of carbonyl (C=O) groups is 1. The number of rotatable bonds is 10. The van der Waals surface area contributed by atoms with Gasteiger partial charge in [-0.3, -0.25) is 18.8 Å². The third-order valence-corrected chi connectivity index (χ3v) is 7.90. The van der Waals surface area contributed by atoms with E-state index in [0.29, 0.717) is 18.1 Å². The fourth-order valence-corrected chi connectivity index (χ4v) is 5.62. The first kappa shape index (κ1) is 33.3. The molecule has 238 valence electrons. The lowest BCUT2D eigenvalue weighted by atomic mass is 10.0. The molecule has 45 heavy (non-hydrogen) atoms. The van der Waals surface area contributed by atoms with Gasteiger partial charge in [0.05, 0.1) is 42.4 Å². The molecule has 8 nitrogen and oxygen atoms in total. The fraction of sp³-hybridized carbons (Fsp3) is 0.281. The molecule has 1 aromatic heterocycles. The van der Waals surface area contributed by atoms with Crippen LogP contribution in [0.1, 0.15) is 41.8 Å². The van der Waals surface area contributed by atoms with Crippen molar-refractivity contribution in [2.45, 2.75) is 45.6 Å². The summed E-state index contributed by atoms with van der Waals surface area (Å²) in [6.07, 6.45) is -5.83. The Hall–Kier alpha value is -4.58. The normalized spacial score (nSPS) is 12.2. The minimum Gasteiger partial charge on any atom is -0.495 e. The number of amides is 1. The Balaban J connectivity index is 2.06. The third-order valence-electron chi connectivity index (χ3n) is 7.51. The molecule has 0 fully saturated rings. The van der Waals surface area contributed by atoms with Gasteiger partial charge in [-0.15, -0.1) is 0 Å². The molecule has 4 rings (SSSR count). The highest BCUT2D eigenvalue weighted by Gasteiger charge is 2.35. The van der Waals surface area contributed by atoms with Crippen LogP contribution >= 0.6 is 11.6 Å². The molecule has 0 bridgehead atoms. The van der Waals surface area contributed by atoms with Crippen molar-refractivity contribution < 1.29 is 32.2 Å². The fourth-order valence-electron chi connectivity index (χ4n) is 5.32. The summed E-state index contributed by atoms with van der Waals surface area (Å²) in [6.45, 7) is 1.80. The van der Waals surface area contributed by atoms with Gasteiger partial charge in [-0.2, -0.15) is 13.2 Å². The average Bonchev–Trinajstić information content (AvgIpc) is 3.00. The molecule has 3 aromatic carbocycles. The molecule has 0 radical (unpaired) electrons. The van der Waals surface area contributed by atoms with Gasteiger partial charge >= 0.3 is 18.0 Å². The number of aromatic nitrogens is 2. The van der Waals surface area contributed by atoms with E-state index in [1.54, 1.807) is 37.3 Å². The molecule has 0 saturated carbocycles. The highest BCUT2D eigenvalue weighted by molar-refractivity contribution is 6.34. The SMILES string of the molecule is CCCN(C(=O)O)C(Cn1c(=O)c(-c2cccc(OC)c2Cl)c(C)n(Cc2c(F)cccc2C(F)(F)F)c1=O)c1ccccc1. The zero-order valence-electron chi connectivity index (χ0n) is 24.6. The van der Waals surface area contributed by atoms with E-state index >= 15 is 4.39 Å². The van der Waals surface area contributed by atoms with Crippen molar-refractivity contribution in [2.75, 3.05) is 13.7 Å². The maximum Gasteiger partial charge on any atom is 0.416 e. The topological polar surface area (TPSA) is 93.8 Å². The molecule has 0 aliphatic heterocycles. The molecular formula is C32H30ClF4N3O5. The predicted molar refractivity (Wildman–Crippen MR) is 161 cm³/mol. The zero-order valence-corrected chi connectivity index (χ0v) is 25.3. The van der Waals surface area contributed by atoms with Crippen LogP contribution in [0.2, 0.25) is 5.02 Å². The summed E-state index contributed by atoms with van der Waals surface area (Å²) in [6, 6.07) is 14.3. The van der Waals surface area contributed by atoms with Crippen LogP contribution < -0.4 is 16.0 Å². The average molecular weight is 648 g/mol. The molecule has 0 aliphatic rings. The Morgan fingerprint density at radius 3 is 2.29 bits per heavy atom. The molecule has 1 heterocycles. The van der Waals surface area contributed by atoms with E-state index in [4.69, 9.17) is 16.3 Å². The summed E-state index contributed by atoms with van der Waals surface area (Å²) in [5, 5.41) is 10.1. The van der Waals surface area contributed by atoms with Gasteiger partial charge in [0.2, 0.25) is 0 Å². The van der Waals surface area contributed by atoms with Crippen molar-refractivity contribution in [3.8, 4) is 16.9 Å². The molecule has 4 aromatic rings. The first-order chi connectivity index (χ1) is 21.3. The van der Waals surface area contributed by atoms with Crippen molar-refractivity contribution in [1.82, 2.24) is 14.0 Å². The van der Waals surface area contributed by atoms with Crippen LogP contribution in [-0.2, 0) is 19.3 Å². The molecule has 13 heteroatoms. The standard InChI is InChI=1S/C32H30ClF4N3O5/c1-4-16-38(31(43)44)25(20-10-6-5-7-11-20)18-40-29(41)27(21-12-8-15-26(45-3)28(21)33)19(2)39(30(40)42)17-22-23(32(35,36)37)13-9-14-24(22)34/h5-15,25H,4,16-18H2,1-3H3,(H,43,44). The quantitative estimate of drug-likeness (QED) is 0.187. The van der Waals surface area contributed by atoms with Gasteiger partial charge in [0.1, 0.15) is 11.6 Å². The van der Waals surface area contributed by atoms with Crippen LogP contribution in [0, 0.1) is 12.7 Å². The van der Waals surface area contributed by atoms with E-state index in [9.17, 15) is 32.7 Å². The maximum atomic E-state index is 15.0. The minimum atomic E-state index is -4.94. The number of hydrogen-bond donors (Lipinski definition) is 1. The van der Waals surface area contributed by atoms with Crippen molar-refractivity contribution in [2.24, 2.45) is 0 Å². The number of nitrogens with zero attached hydrogens (tertiary/aromatic N) is 3. The van der Waals surface area contributed by atoms with Crippen LogP contribution in [0.25, 0.3) is 11.1 Å². The number of carboxylic acid groups (broad SMARTS) is 1. The van der Waals surface area contributed by atoms with Gasteiger partial charge in [0.15, 0.2) is 0 Å². The number of halogens is 5. The Morgan fingerprint density at radius 2 is 1.69 bits per heavy atom. The van der Waals surface area contributed by atoms with Gasteiger partial charge < -0.3 is 9.84 Å². The molecule has 1 unspecified atom stereocenters. The van der Waals surface area contributed by atoms with Crippen LogP contribution in [0.3, 0.4) is 0 Å². The molecular weight excluding hydrogens is 618 g/mol. The van der Waals surface area contributed by atoms with Gasteiger partial charge in [-0.25, -0.2) is 14.0 Å².